The molecule has 2 amide bonds. The van der Waals surface area contributed by atoms with Gasteiger partial charge in [-0.1, -0.05) is 17.7 Å². The van der Waals surface area contributed by atoms with Gasteiger partial charge in [0.05, 0.1) is 11.3 Å². The Morgan fingerprint density at radius 3 is 2.41 bits per heavy atom. The lowest BCUT2D eigenvalue weighted by Gasteiger charge is -2.08. The Labute approximate surface area is 101 Å². The number of hydrogen-bond acceptors (Lipinski definition) is 2. The number of benzene rings is 1. The molecule has 2 N–H and O–H groups in total. The third-order valence-corrected chi connectivity index (χ3v) is 2.08. The maximum absolute atomic E-state index is 11.6. The lowest BCUT2D eigenvalue weighted by molar-refractivity contribution is -0.111. The van der Waals surface area contributed by atoms with Gasteiger partial charge in [-0.3, -0.25) is 9.59 Å². The summed E-state index contributed by atoms with van der Waals surface area (Å²) in [6, 6.07) is 6.88. The number of rotatable bonds is 3. The monoisotopic (exact) mass is 232 g/mol. The summed E-state index contributed by atoms with van der Waals surface area (Å²) < 4.78 is 0. The average Bonchev–Trinajstić information content (AvgIpc) is 2.27. The fraction of sp³-hybridized carbons (Fsp3) is 0.231. The van der Waals surface area contributed by atoms with Crippen LogP contribution in [-0.2, 0) is 4.79 Å². The lowest BCUT2D eigenvalue weighted by Crippen LogP contribution is -2.20. The Hall–Kier alpha value is -2.10. The number of anilines is 1. The molecule has 0 aliphatic heterocycles. The van der Waals surface area contributed by atoms with Crippen molar-refractivity contribution in [3.8, 4) is 0 Å². The van der Waals surface area contributed by atoms with Crippen LogP contribution < -0.4 is 10.6 Å². The summed E-state index contributed by atoms with van der Waals surface area (Å²) in [5, 5.41) is 5.21. The normalized spacial score (nSPS) is 9.35. The van der Waals surface area contributed by atoms with Crippen LogP contribution in [0.5, 0.6) is 0 Å². The Bertz CT molecular complexity index is 460. The highest BCUT2D eigenvalue weighted by Crippen LogP contribution is 2.14. The molecule has 0 heterocycles. The van der Waals surface area contributed by atoms with Gasteiger partial charge in [-0.2, -0.15) is 0 Å². The van der Waals surface area contributed by atoms with Gasteiger partial charge in [-0.25, -0.2) is 0 Å². The maximum atomic E-state index is 11.6. The third-order valence-electron chi connectivity index (χ3n) is 2.08. The molecule has 4 nitrogen and oxygen atoms in total. The molecule has 17 heavy (non-hydrogen) atoms. The largest absolute Gasteiger partial charge is 0.355 e. The molecule has 0 saturated carbocycles. The Morgan fingerprint density at radius 1 is 1.18 bits per heavy atom. The summed E-state index contributed by atoms with van der Waals surface area (Å²) in [5.41, 5.74) is 1.86. The molecule has 0 aliphatic carbocycles. The van der Waals surface area contributed by atoms with Crippen LogP contribution in [0.15, 0.2) is 35.9 Å². The molecular formula is C13H16N2O2. The first kappa shape index (κ1) is 13.0. The zero-order chi connectivity index (χ0) is 12.8. The topological polar surface area (TPSA) is 58.2 Å². The van der Waals surface area contributed by atoms with Gasteiger partial charge in [0.25, 0.3) is 5.91 Å². The molecule has 0 unspecified atom stereocenters. The number of nitrogens with one attached hydrogen (secondary N) is 2. The summed E-state index contributed by atoms with van der Waals surface area (Å²) >= 11 is 0. The molecule has 4 heteroatoms. The first-order chi connectivity index (χ1) is 8.04. The van der Waals surface area contributed by atoms with Gasteiger partial charge in [-0.15, -0.1) is 0 Å². The molecular weight excluding hydrogens is 216 g/mol. The molecule has 0 atom stereocenters. The summed E-state index contributed by atoms with van der Waals surface area (Å²) in [6.07, 6.45) is 1.49. The van der Waals surface area contributed by atoms with Crippen molar-refractivity contribution < 1.29 is 9.59 Å². The predicted molar refractivity (Wildman–Crippen MR) is 67.9 cm³/mol. The van der Waals surface area contributed by atoms with Crippen LogP contribution in [0.3, 0.4) is 0 Å². The number of hydrogen-bond donors (Lipinski definition) is 2. The zero-order valence-electron chi connectivity index (χ0n) is 10.2. The van der Waals surface area contributed by atoms with Crippen molar-refractivity contribution in [3.05, 3.63) is 41.5 Å². The SMILES string of the molecule is CNC(=O)c1ccccc1NC(=O)C=C(C)C. The quantitative estimate of drug-likeness (QED) is 0.782. The molecule has 0 aliphatic rings. The fourth-order valence-corrected chi connectivity index (χ4v) is 1.36. The van der Waals surface area contributed by atoms with Crippen molar-refractivity contribution in [2.45, 2.75) is 13.8 Å². The van der Waals surface area contributed by atoms with Crippen molar-refractivity contribution in [1.82, 2.24) is 5.32 Å². The highest BCUT2D eigenvalue weighted by Gasteiger charge is 2.10. The number of allylic oxidation sites excluding steroid dienone is 1. The van der Waals surface area contributed by atoms with Gasteiger partial charge in [0.1, 0.15) is 0 Å². The highest BCUT2D eigenvalue weighted by molar-refractivity contribution is 6.06. The van der Waals surface area contributed by atoms with Crippen molar-refractivity contribution in [1.29, 1.82) is 0 Å². The maximum Gasteiger partial charge on any atom is 0.253 e. The van der Waals surface area contributed by atoms with E-state index in [9.17, 15) is 9.59 Å². The van der Waals surface area contributed by atoms with E-state index in [4.69, 9.17) is 0 Å². The first-order valence-corrected chi connectivity index (χ1v) is 5.31. The van der Waals surface area contributed by atoms with Crippen LogP contribution >= 0.6 is 0 Å². The number of amides is 2. The van der Waals surface area contributed by atoms with Gasteiger partial charge in [0, 0.05) is 13.1 Å². The van der Waals surface area contributed by atoms with Gasteiger partial charge in [0.2, 0.25) is 5.91 Å². The van der Waals surface area contributed by atoms with E-state index in [1.165, 1.54) is 6.08 Å². The van der Waals surface area contributed by atoms with E-state index in [0.717, 1.165) is 5.57 Å². The molecule has 0 radical (unpaired) electrons. The van der Waals surface area contributed by atoms with Crippen LogP contribution in [-0.4, -0.2) is 18.9 Å². The number of para-hydroxylation sites is 1. The molecule has 0 saturated heterocycles. The molecule has 1 aromatic rings. The van der Waals surface area contributed by atoms with Crippen molar-refractivity contribution in [3.63, 3.8) is 0 Å². The average molecular weight is 232 g/mol. The number of carbonyl (C=O) groups excluding carboxylic acids is 2. The van der Waals surface area contributed by atoms with E-state index < -0.39 is 0 Å². The molecule has 0 fully saturated rings. The first-order valence-electron chi connectivity index (χ1n) is 5.31. The van der Waals surface area contributed by atoms with Crippen LogP contribution in [0, 0.1) is 0 Å². The van der Waals surface area contributed by atoms with Crippen LogP contribution in [0.4, 0.5) is 5.69 Å². The molecule has 90 valence electrons. The Balaban J connectivity index is 2.95. The zero-order valence-corrected chi connectivity index (χ0v) is 10.2. The molecule has 0 aromatic heterocycles. The molecule has 0 bridgehead atoms. The van der Waals surface area contributed by atoms with Gasteiger partial charge >= 0.3 is 0 Å². The summed E-state index contributed by atoms with van der Waals surface area (Å²) in [7, 11) is 1.55. The van der Waals surface area contributed by atoms with Gasteiger partial charge in [0.15, 0.2) is 0 Å². The van der Waals surface area contributed by atoms with E-state index in [1.54, 1.807) is 31.3 Å². The second kappa shape index (κ2) is 5.84. The minimum absolute atomic E-state index is 0.224. The van der Waals surface area contributed by atoms with E-state index in [-0.39, 0.29) is 11.8 Å². The van der Waals surface area contributed by atoms with Gasteiger partial charge < -0.3 is 10.6 Å². The predicted octanol–water partition coefficient (Wildman–Crippen LogP) is 1.95. The van der Waals surface area contributed by atoms with Crippen LogP contribution in [0.2, 0.25) is 0 Å². The Morgan fingerprint density at radius 2 is 1.82 bits per heavy atom. The minimum atomic E-state index is -0.235. The standard InChI is InChI=1S/C13H16N2O2/c1-9(2)8-12(16)15-11-7-5-4-6-10(11)13(17)14-3/h4-8H,1-3H3,(H,14,17)(H,15,16). The number of carbonyl (C=O) groups is 2. The molecule has 0 spiro atoms. The Kier molecular flexibility index (Phi) is 4.46. The van der Waals surface area contributed by atoms with E-state index in [2.05, 4.69) is 10.6 Å². The highest BCUT2D eigenvalue weighted by atomic mass is 16.2. The summed E-state index contributed by atoms with van der Waals surface area (Å²) in [5.74, 6) is -0.459. The van der Waals surface area contributed by atoms with E-state index in [1.807, 2.05) is 13.8 Å². The fourth-order valence-electron chi connectivity index (χ4n) is 1.36. The van der Waals surface area contributed by atoms with Crippen LogP contribution in [0.25, 0.3) is 0 Å². The molecule has 1 aromatic carbocycles. The molecule has 1 rings (SSSR count). The summed E-state index contributed by atoms with van der Waals surface area (Å²) in [4.78, 5) is 23.1. The lowest BCUT2D eigenvalue weighted by atomic mass is 10.1. The van der Waals surface area contributed by atoms with E-state index >= 15 is 0 Å². The smallest absolute Gasteiger partial charge is 0.253 e. The minimum Gasteiger partial charge on any atom is -0.355 e. The van der Waals surface area contributed by atoms with Gasteiger partial charge in [-0.05, 0) is 26.0 Å². The van der Waals surface area contributed by atoms with Crippen LogP contribution in [0.1, 0.15) is 24.2 Å². The third kappa shape index (κ3) is 3.75. The van der Waals surface area contributed by atoms with Crippen molar-refractivity contribution in [2.75, 3.05) is 12.4 Å². The van der Waals surface area contributed by atoms with Crippen molar-refractivity contribution in [2.24, 2.45) is 0 Å². The second-order valence-corrected chi connectivity index (χ2v) is 3.84. The van der Waals surface area contributed by atoms with E-state index in [0.29, 0.717) is 11.3 Å². The summed E-state index contributed by atoms with van der Waals surface area (Å²) in [6.45, 7) is 3.68. The second-order valence-electron chi connectivity index (χ2n) is 3.84. The van der Waals surface area contributed by atoms with Crippen molar-refractivity contribution >= 4 is 17.5 Å².